The third kappa shape index (κ3) is 3.22. The molecule has 0 atom stereocenters. The van der Waals surface area contributed by atoms with Gasteiger partial charge in [0.25, 0.3) is 0 Å². The van der Waals surface area contributed by atoms with Gasteiger partial charge in [0, 0.05) is 0 Å². The minimum absolute atomic E-state index is 0.218. The van der Waals surface area contributed by atoms with Crippen molar-refractivity contribution < 1.29 is 13.2 Å². The predicted octanol–water partition coefficient (Wildman–Crippen LogP) is 4.69. The van der Waals surface area contributed by atoms with Crippen molar-refractivity contribution in [3.63, 3.8) is 0 Å². The van der Waals surface area contributed by atoms with Crippen LogP contribution in [0.5, 0.6) is 0 Å². The van der Waals surface area contributed by atoms with Crippen molar-refractivity contribution in [2.75, 3.05) is 0 Å². The van der Waals surface area contributed by atoms with Gasteiger partial charge in [0.05, 0.1) is 10.6 Å². The van der Waals surface area contributed by atoms with Crippen molar-refractivity contribution in [3.05, 3.63) is 34.3 Å². The standard InChI is InChI=1S/C8H6ClF3.C2H6/c1-5-3-2-4-6(7(5)9)8(10,11)12;1-2/h2-4H,1H3;1-2H3. The third-order valence-corrected chi connectivity index (χ3v) is 2.00. The van der Waals surface area contributed by atoms with Gasteiger partial charge in [0.15, 0.2) is 0 Å². The van der Waals surface area contributed by atoms with Crippen molar-refractivity contribution in [3.8, 4) is 0 Å². The average molecular weight is 225 g/mol. The first-order chi connectivity index (χ1) is 6.43. The molecule has 0 saturated carbocycles. The summed E-state index contributed by atoms with van der Waals surface area (Å²) in [7, 11) is 0. The Morgan fingerprint density at radius 3 is 2.00 bits per heavy atom. The molecule has 0 bridgehead atoms. The molecule has 1 rings (SSSR count). The van der Waals surface area contributed by atoms with E-state index >= 15 is 0 Å². The molecule has 0 aliphatic heterocycles. The second kappa shape index (κ2) is 5.25. The molecular formula is C10H12ClF3. The Bertz CT molecular complexity index is 292. The van der Waals surface area contributed by atoms with Gasteiger partial charge in [0.2, 0.25) is 0 Å². The first kappa shape index (κ1) is 13.3. The van der Waals surface area contributed by atoms with Gasteiger partial charge >= 0.3 is 6.18 Å². The molecule has 0 radical (unpaired) electrons. The van der Waals surface area contributed by atoms with E-state index in [0.29, 0.717) is 5.56 Å². The molecule has 0 aliphatic rings. The largest absolute Gasteiger partial charge is 0.417 e. The van der Waals surface area contributed by atoms with Gasteiger partial charge < -0.3 is 0 Å². The lowest BCUT2D eigenvalue weighted by Gasteiger charge is -2.09. The SMILES string of the molecule is CC.Cc1cccc(C(F)(F)F)c1Cl. The maximum atomic E-state index is 12.1. The summed E-state index contributed by atoms with van der Waals surface area (Å²) < 4.78 is 36.4. The molecule has 0 amide bonds. The first-order valence-corrected chi connectivity index (χ1v) is 4.63. The molecule has 0 heterocycles. The van der Waals surface area contributed by atoms with E-state index < -0.39 is 11.7 Å². The highest BCUT2D eigenvalue weighted by Crippen LogP contribution is 2.35. The molecule has 1 aromatic rings. The molecule has 0 nitrogen and oxygen atoms in total. The Morgan fingerprint density at radius 2 is 1.64 bits per heavy atom. The maximum Gasteiger partial charge on any atom is 0.417 e. The molecule has 0 fully saturated rings. The monoisotopic (exact) mass is 224 g/mol. The molecule has 0 aliphatic carbocycles. The van der Waals surface area contributed by atoms with Crippen LogP contribution in [-0.4, -0.2) is 0 Å². The Morgan fingerprint density at radius 1 is 1.14 bits per heavy atom. The van der Waals surface area contributed by atoms with Crippen molar-refractivity contribution >= 4 is 11.6 Å². The highest BCUT2D eigenvalue weighted by atomic mass is 35.5. The lowest BCUT2D eigenvalue weighted by molar-refractivity contribution is -0.137. The van der Waals surface area contributed by atoms with Crippen molar-refractivity contribution in [1.82, 2.24) is 0 Å². The average Bonchev–Trinajstić information content (AvgIpc) is 2.11. The van der Waals surface area contributed by atoms with Gasteiger partial charge in [-0.2, -0.15) is 13.2 Å². The lowest BCUT2D eigenvalue weighted by Crippen LogP contribution is -2.06. The fourth-order valence-electron chi connectivity index (χ4n) is 0.866. The van der Waals surface area contributed by atoms with Gasteiger partial charge in [0.1, 0.15) is 0 Å². The van der Waals surface area contributed by atoms with E-state index in [1.54, 1.807) is 0 Å². The molecule has 0 saturated heterocycles. The predicted molar refractivity (Wildman–Crippen MR) is 52.5 cm³/mol. The molecular weight excluding hydrogens is 213 g/mol. The van der Waals surface area contributed by atoms with E-state index in [-0.39, 0.29) is 5.02 Å². The van der Waals surface area contributed by atoms with Crippen molar-refractivity contribution in [1.29, 1.82) is 0 Å². The van der Waals surface area contributed by atoms with Gasteiger partial charge in [-0.25, -0.2) is 0 Å². The zero-order valence-electron chi connectivity index (χ0n) is 8.24. The van der Waals surface area contributed by atoms with Crippen LogP contribution in [0.25, 0.3) is 0 Å². The molecule has 0 spiro atoms. The zero-order valence-corrected chi connectivity index (χ0v) is 9.00. The highest BCUT2D eigenvalue weighted by molar-refractivity contribution is 6.32. The quantitative estimate of drug-likeness (QED) is 0.600. The van der Waals surface area contributed by atoms with E-state index in [1.807, 2.05) is 13.8 Å². The molecule has 14 heavy (non-hydrogen) atoms. The third-order valence-electron chi connectivity index (χ3n) is 1.50. The van der Waals surface area contributed by atoms with Crippen LogP contribution in [0.15, 0.2) is 18.2 Å². The zero-order chi connectivity index (χ0) is 11.4. The Labute approximate surface area is 86.7 Å². The van der Waals surface area contributed by atoms with Crippen LogP contribution < -0.4 is 0 Å². The second-order valence-electron chi connectivity index (χ2n) is 2.43. The van der Waals surface area contributed by atoms with Crippen LogP contribution in [0.4, 0.5) is 13.2 Å². The molecule has 0 unspecified atom stereocenters. The number of benzene rings is 1. The number of aryl methyl sites for hydroxylation is 1. The van der Waals surface area contributed by atoms with E-state index in [1.165, 1.54) is 19.1 Å². The fourth-order valence-corrected chi connectivity index (χ4v) is 1.10. The highest BCUT2D eigenvalue weighted by Gasteiger charge is 2.33. The van der Waals surface area contributed by atoms with Crippen LogP contribution in [-0.2, 0) is 6.18 Å². The van der Waals surface area contributed by atoms with Gasteiger partial charge in [-0.15, -0.1) is 0 Å². The minimum atomic E-state index is -4.36. The number of alkyl halides is 3. The van der Waals surface area contributed by atoms with Crippen LogP contribution in [0, 0.1) is 6.92 Å². The number of rotatable bonds is 0. The van der Waals surface area contributed by atoms with Crippen molar-refractivity contribution in [2.45, 2.75) is 26.9 Å². The number of halogens is 4. The topological polar surface area (TPSA) is 0 Å². The van der Waals surface area contributed by atoms with Crippen LogP contribution in [0.1, 0.15) is 25.0 Å². The Balaban J connectivity index is 0.000000791. The van der Waals surface area contributed by atoms with Gasteiger partial charge in [-0.05, 0) is 18.6 Å². The van der Waals surface area contributed by atoms with Crippen LogP contribution in [0.2, 0.25) is 5.02 Å². The van der Waals surface area contributed by atoms with E-state index in [4.69, 9.17) is 11.6 Å². The molecule has 0 N–H and O–H groups in total. The molecule has 4 heteroatoms. The summed E-state index contributed by atoms with van der Waals surface area (Å²) >= 11 is 5.46. The lowest BCUT2D eigenvalue weighted by atomic mass is 10.1. The molecule has 1 aromatic carbocycles. The number of hydrogen-bond acceptors (Lipinski definition) is 0. The van der Waals surface area contributed by atoms with Gasteiger partial charge in [-0.1, -0.05) is 37.6 Å². The van der Waals surface area contributed by atoms with Crippen LogP contribution in [0.3, 0.4) is 0 Å². The first-order valence-electron chi connectivity index (χ1n) is 4.25. The minimum Gasteiger partial charge on any atom is -0.166 e. The summed E-state index contributed by atoms with van der Waals surface area (Å²) in [5, 5.41) is -0.218. The summed E-state index contributed by atoms with van der Waals surface area (Å²) in [4.78, 5) is 0. The van der Waals surface area contributed by atoms with Crippen molar-refractivity contribution in [2.24, 2.45) is 0 Å². The smallest absolute Gasteiger partial charge is 0.166 e. The number of hydrogen-bond donors (Lipinski definition) is 0. The fraction of sp³-hybridized carbons (Fsp3) is 0.400. The summed E-state index contributed by atoms with van der Waals surface area (Å²) in [5.41, 5.74) is -0.337. The summed E-state index contributed by atoms with van der Waals surface area (Å²) in [5.74, 6) is 0. The summed E-state index contributed by atoms with van der Waals surface area (Å²) in [6.07, 6.45) is -4.36. The summed E-state index contributed by atoms with van der Waals surface area (Å²) in [6, 6.07) is 3.84. The molecule has 80 valence electrons. The Kier molecular flexibility index (Phi) is 4.99. The Hall–Kier alpha value is -0.700. The second-order valence-corrected chi connectivity index (χ2v) is 2.81. The van der Waals surface area contributed by atoms with Gasteiger partial charge in [-0.3, -0.25) is 0 Å². The normalized spacial score (nSPS) is 10.5. The summed E-state index contributed by atoms with van der Waals surface area (Å²) in [6.45, 7) is 5.54. The molecule has 0 aromatic heterocycles. The van der Waals surface area contributed by atoms with E-state index in [9.17, 15) is 13.2 Å². The maximum absolute atomic E-state index is 12.1. The van der Waals surface area contributed by atoms with Crippen LogP contribution >= 0.6 is 11.6 Å². The van der Waals surface area contributed by atoms with E-state index in [2.05, 4.69) is 0 Å². The van der Waals surface area contributed by atoms with E-state index in [0.717, 1.165) is 6.07 Å².